The lowest BCUT2D eigenvalue weighted by Crippen LogP contribution is -2.30. The van der Waals surface area contributed by atoms with Crippen molar-refractivity contribution in [1.82, 2.24) is 5.32 Å². The summed E-state index contributed by atoms with van der Waals surface area (Å²) in [4.78, 5) is 26.4. The SMILES string of the molecule is COc1ccc(C(=O)N/C(=C\c2cccs2)C(=O)Nc2ccc(OC)c(Cl)c2)cc1. The number of carbonyl (C=O) groups is 2. The van der Waals surface area contributed by atoms with Crippen LogP contribution in [0.3, 0.4) is 0 Å². The smallest absolute Gasteiger partial charge is 0.272 e. The van der Waals surface area contributed by atoms with Gasteiger partial charge in [-0.3, -0.25) is 9.59 Å². The van der Waals surface area contributed by atoms with Crippen LogP contribution in [-0.4, -0.2) is 26.0 Å². The van der Waals surface area contributed by atoms with Crippen molar-refractivity contribution in [3.05, 3.63) is 81.1 Å². The summed E-state index contributed by atoms with van der Waals surface area (Å²) in [7, 11) is 3.06. The minimum Gasteiger partial charge on any atom is -0.497 e. The average Bonchev–Trinajstić information content (AvgIpc) is 3.26. The third-order valence-electron chi connectivity index (χ3n) is 4.08. The molecule has 3 rings (SSSR count). The third-order valence-corrected chi connectivity index (χ3v) is 5.20. The van der Waals surface area contributed by atoms with Crippen molar-refractivity contribution < 1.29 is 19.1 Å². The Hall–Kier alpha value is -3.29. The third kappa shape index (κ3) is 5.40. The molecule has 1 heterocycles. The molecule has 2 N–H and O–H groups in total. The van der Waals surface area contributed by atoms with Crippen molar-refractivity contribution in [2.45, 2.75) is 0 Å². The van der Waals surface area contributed by atoms with Gasteiger partial charge in [0.15, 0.2) is 0 Å². The Morgan fingerprint density at radius 1 is 1.03 bits per heavy atom. The first-order chi connectivity index (χ1) is 14.5. The number of anilines is 1. The molecule has 30 heavy (non-hydrogen) atoms. The Labute approximate surface area is 183 Å². The summed E-state index contributed by atoms with van der Waals surface area (Å²) in [6.45, 7) is 0. The van der Waals surface area contributed by atoms with E-state index in [9.17, 15) is 9.59 Å². The molecule has 0 atom stereocenters. The molecule has 2 amide bonds. The normalized spacial score (nSPS) is 11.0. The van der Waals surface area contributed by atoms with E-state index in [0.717, 1.165) is 4.88 Å². The number of carbonyl (C=O) groups excluding carboxylic acids is 2. The molecule has 0 bridgehead atoms. The van der Waals surface area contributed by atoms with Gasteiger partial charge in [-0.1, -0.05) is 17.7 Å². The minimum absolute atomic E-state index is 0.102. The number of thiophene rings is 1. The second-order valence-corrected chi connectivity index (χ2v) is 7.45. The first-order valence-electron chi connectivity index (χ1n) is 8.85. The van der Waals surface area contributed by atoms with Gasteiger partial charge in [0.2, 0.25) is 0 Å². The fourth-order valence-corrected chi connectivity index (χ4v) is 3.47. The summed E-state index contributed by atoms with van der Waals surface area (Å²) < 4.78 is 10.2. The van der Waals surface area contributed by atoms with E-state index in [0.29, 0.717) is 27.8 Å². The monoisotopic (exact) mass is 442 g/mol. The van der Waals surface area contributed by atoms with Gasteiger partial charge in [0.05, 0.1) is 19.2 Å². The number of amides is 2. The molecule has 0 aliphatic heterocycles. The maximum absolute atomic E-state index is 12.9. The largest absolute Gasteiger partial charge is 0.497 e. The van der Waals surface area contributed by atoms with Crippen LogP contribution in [0.1, 0.15) is 15.2 Å². The maximum Gasteiger partial charge on any atom is 0.272 e. The van der Waals surface area contributed by atoms with E-state index in [-0.39, 0.29) is 5.70 Å². The summed E-state index contributed by atoms with van der Waals surface area (Å²) in [6.07, 6.45) is 1.62. The van der Waals surface area contributed by atoms with Gasteiger partial charge in [0.25, 0.3) is 11.8 Å². The molecule has 0 spiro atoms. The fourth-order valence-electron chi connectivity index (χ4n) is 2.55. The zero-order valence-electron chi connectivity index (χ0n) is 16.3. The van der Waals surface area contributed by atoms with Gasteiger partial charge >= 0.3 is 0 Å². The summed E-state index contributed by atoms with van der Waals surface area (Å²) >= 11 is 7.58. The van der Waals surface area contributed by atoms with E-state index in [1.807, 2.05) is 17.5 Å². The summed E-state index contributed by atoms with van der Waals surface area (Å²) in [6, 6.07) is 15.2. The van der Waals surface area contributed by atoms with Crippen LogP contribution in [0, 0.1) is 0 Å². The summed E-state index contributed by atoms with van der Waals surface area (Å²) in [5, 5.41) is 7.68. The first kappa shape index (κ1) is 21.4. The molecule has 0 saturated carbocycles. The highest BCUT2D eigenvalue weighted by Crippen LogP contribution is 2.27. The number of methoxy groups -OCH3 is 2. The van der Waals surface area contributed by atoms with Crippen LogP contribution in [0.4, 0.5) is 5.69 Å². The van der Waals surface area contributed by atoms with Crippen molar-refractivity contribution in [2.75, 3.05) is 19.5 Å². The highest BCUT2D eigenvalue weighted by Gasteiger charge is 2.16. The molecule has 154 valence electrons. The van der Waals surface area contributed by atoms with Crippen molar-refractivity contribution in [3.8, 4) is 11.5 Å². The lowest BCUT2D eigenvalue weighted by Gasteiger charge is -2.12. The molecular formula is C22H19ClN2O4S. The van der Waals surface area contributed by atoms with Gasteiger partial charge < -0.3 is 20.1 Å². The minimum atomic E-state index is -0.480. The Bertz CT molecular complexity index is 1060. The van der Waals surface area contributed by atoms with Crippen LogP contribution >= 0.6 is 22.9 Å². The van der Waals surface area contributed by atoms with E-state index in [4.69, 9.17) is 21.1 Å². The van der Waals surface area contributed by atoms with Gasteiger partial charge in [0, 0.05) is 16.1 Å². The summed E-state index contributed by atoms with van der Waals surface area (Å²) in [5.41, 5.74) is 0.972. The molecule has 0 fully saturated rings. The van der Waals surface area contributed by atoms with Crippen LogP contribution in [0.2, 0.25) is 5.02 Å². The van der Waals surface area contributed by atoms with Gasteiger partial charge in [0.1, 0.15) is 17.2 Å². The molecule has 0 aliphatic carbocycles. The van der Waals surface area contributed by atoms with Crippen molar-refractivity contribution in [1.29, 1.82) is 0 Å². The topological polar surface area (TPSA) is 76.7 Å². The number of ether oxygens (including phenoxy) is 2. The zero-order chi connectivity index (χ0) is 21.5. The molecule has 0 radical (unpaired) electrons. The van der Waals surface area contributed by atoms with Crippen molar-refractivity contribution in [2.24, 2.45) is 0 Å². The number of benzene rings is 2. The highest BCUT2D eigenvalue weighted by molar-refractivity contribution is 7.10. The molecule has 6 nitrogen and oxygen atoms in total. The number of rotatable bonds is 7. The number of nitrogens with one attached hydrogen (secondary N) is 2. The maximum atomic E-state index is 12.9. The van der Waals surface area contributed by atoms with Crippen LogP contribution in [0.5, 0.6) is 11.5 Å². The van der Waals surface area contributed by atoms with Crippen molar-refractivity contribution >= 4 is 46.5 Å². The van der Waals surface area contributed by atoms with Crippen LogP contribution in [0.15, 0.2) is 65.7 Å². The van der Waals surface area contributed by atoms with Crippen molar-refractivity contribution in [3.63, 3.8) is 0 Å². The van der Waals surface area contributed by atoms with E-state index < -0.39 is 11.8 Å². The molecule has 1 aromatic heterocycles. The average molecular weight is 443 g/mol. The Balaban J connectivity index is 1.82. The number of hydrogen-bond acceptors (Lipinski definition) is 5. The molecule has 2 aromatic carbocycles. The number of halogens is 1. The van der Waals surface area contributed by atoms with Gasteiger partial charge in [-0.05, 0) is 60.0 Å². The second kappa shape index (κ2) is 9.96. The van der Waals surface area contributed by atoms with Crippen LogP contribution < -0.4 is 20.1 Å². The molecular weight excluding hydrogens is 424 g/mol. The second-order valence-electron chi connectivity index (χ2n) is 6.06. The quantitative estimate of drug-likeness (QED) is 0.514. The zero-order valence-corrected chi connectivity index (χ0v) is 17.8. The van der Waals surface area contributed by atoms with Crippen LogP contribution in [0.25, 0.3) is 6.08 Å². The van der Waals surface area contributed by atoms with E-state index in [1.165, 1.54) is 18.4 Å². The van der Waals surface area contributed by atoms with E-state index >= 15 is 0 Å². The molecule has 8 heteroatoms. The van der Waals surface area contributed by atoms with E-state index in [2.05, 4.69) is 10.6 Å². The first-order valence-corrected chi connectivity index (χ1v) is 10.1. The summed E-state index contributed by atoms with van der Waals surface area (Å²) in [5.74, 6) is 0.238. The standard InChI is InChI=1S/C22H19ClN2O4S/c1-28-16-8-5-14(6-9-16)21(26)25-19(13-17-4-3-11-30-17)22(27)24-15-7-10-20(29-2)18(23)12-15/h3-13H,1-2H3,(H,24,27)(H,25,26)/b19-13-. The lowest BCUT2D eigenvalue weighted by molar-refractivity contribution is -0.113. The van der Waals surface area contributed by atoms with Crippen LogP contribution in [-0.2, 0) is 4.79 Å². The molecule has 0 aliphatic rings. The lowest BCUT2D eigenvalue weighted by atomic mass is 10.2. The van der Waals surface area contributed by atoms with Gasteiger partial charge in [-0.25, -0.2) is 0 Å². The Morgan fingerprint density at radius 2 is 1.80 bits per heavy atom. The number of hydrogen-bond donors (Lipinski definition) is 2. The Morgan fingerprint density at radius 3 is 2.40 bits per heavy atom. The molecule has 3 aromatic rings. The molecule has 0 saturated heterocycles. The Kier molecular flexibility index (Phi) is 7.11. The van der Waals surface area contributed by atoms with Gasteiger partial charge in [-0.15, -0.1) is 11.3 Å². The van der Waals surface area contributed by atoms with E-state index in [1.54, 1.807) is 55.7 Å². The predicted molar refractivity (Wildman–Crippen MR) is 119 cm³/mol. The predicted octanol–water partition coefficient (Wildman–Crippen LogP) is 4.83. The fraction of sp³-hybridized carbons (Fsp3) is 0.0909. The molecule has 0 unspecified atom stereocenters. The highest BCUT2D eigenvalue weighted by atomic mass is 35.5. The van der Waals surface area contributed by atoms with Gasteiger partial charge in [-0.2, -0.15) is 0 Å².